The maximum absolute atomic E-state index is 9.66. The van der Waals surface area contributed by atoms with E-state index in [0.29, 0.717) is 0 Å². The Hall–Kier alpha value is -0.180. The summed E-state index contributed by atoms with van der Waals surface area (Å²) >= 11 is 0. The zero-order chi connectivity index (χ0) is 7.71. The SMILES string of the molecule is O=S(=O)(O)CS(=O)(=O)O. The standard InChI is InChI=1S/CH4O6S2/c2-8(3,4)1-9(5,6)7/h1H2,(H,2,3,4)(H,5,6,7). The lowest BCUT2D eigenvalue weighted by atomic mass is 11.9. The summed E-state index contributed by atoms with van der Waals surface area (Å²) in [6, 6.07) is 0. The molecule has 0 heterocycles. The molecule has 0 aromatic heterocycles. The first kappa shape index (κ1) is 8.82. The summed E-state index contributed by atoms with van der Waals surface area (Å²) in [6.07, 6.45) is 0. The van der Waals surface area contributed by atoms with E-state index >= 15 is 0 Å². The van der Waals surface area contributed by atoms with Crippen molar-refractivity contribution in [3.63, 3.8) is 0 Å². The summed E-state index contributed by atoms with van der Waals surface area (Å²) in [4.78, 5) is 0. The summed E-state index contributed by atoms with van der Waals surface area (Å²) in [5.74, 6) is 0. The van der Waals surface area contributed by atoms with E-state index in [1.165, 1.54) is 0 Å². The normalized spacial score (nSPS) is 13.6. The minimum atomic E-state index is -4.62. The first-order chi connectivity index (χ1) is 3.71. The molecule has 0 aliphatic carbocycles. The van der Waals surface area contributed by atoms with Gasteiger partial charge >= 0.3 is 0 Å². The van der Waals surface area contributed by atoms with Crippen LogP contribution in [0.15, 0.2) is 0 Å². The molecule has 0 bridgehead atoms. The first-order valence-corrected chi connectivity index (χ1v) is 4.83. The topological polar surface area (TPSA) is 109 Å². The van der Waals surface area contributed by atoms with Crippen molar-refractivity contribution < 1.29 is 25.9 Å². The van der Waals surface area contributed by atoms with Gasteiger partial charge in [0.15, 0.2) is 0 Å². The van der Waals surface area contributed by atoms with Crippen molar-refractivity contribution in [1.82, 2.24) is 0 Å². The highest BCUT2D eigenvalue weighted by atomic mass is 32.3. The van der Waals surface area contributed by atoms with E-state index in [0.717, 1.165) is 0 Å². The minimum Gasteiger partial charge on any atom is -0.285 e. The molecule has 0 aromatic rings. The molecule has 0 rings (SSSR count). The van der Waals surface area contributed by atoms with Gasteiger partial charge in [-0.15, -0.1) is 0 Å². The van der Waals surface area contributed by atoms with E-state index in [2.05, 4.69) is 0 Å². The fourth-order valence-corrected chi connectivity index (χ4v) is 1.69. The lowest BCUT2D eigenvalue weighted by Gasteiger charge is -1.89. The smallest absolute Gasteiger partial charge is 0.281 e. The van der Waals surface area contributed by atoms with Crippen molar-refractivity contribution in [3.8, 4) is 0 Å². The van der Waals surface area contributed by atoms with Crippen LogP contribution in [0.25, 0.3) is 0 Å². The Labute approximate surface area is 52.0 Å². The Morgan fingerprint density at radius 1 is 0.889 bits per heavy atom. The highest BCUT2D eigenvalue weighted by Crippen LogP contribution is 1.88. The third-order valence-corrected chi connectivity index (χ3v) is 2.68. The van der Waals surface area contributed by atoms with Crippen molar-refractivity contribution in [1.29, 1.82) is 0 Å². The van der Waals surface area contributed by atoms with Crippen molar-refractivity contribution >= 4 is 20.2 Å². The zero-order valence-corrected chi connectivity index (χ0v) is 5.68. The molecule has 0 saturated heterocycles. The molecule has 0 fully saturated rings. The second-order valence-electron chi connectivity index (χ2n) is 1.28. The molecule has 8 heteroatoms. The lowest BCUT2D eigenvalue weighted by molar-refractivity contribution is 0.471. The average molecular weight is 176 g/mol. The molecule has 9 heavy (non-hydrogen) atoms. The molecule has 0 amide bonds. The Balaban J connectivity index is 4.46. The lowest BCUT2D eigenvalue weighted by Crippen LogP contribution is -2.13. The fourth-order valence-electron chi connectivity index (χ4n) is 0.188. The van der Waals surface area contributed by atoms with Crippen LogP contribution in [0.5, 0.6) is 0 Å². The number of rotatable bonds is 2. The molecule has 2 N–H and O–H groups in total. The molecule has 0 aliphatic rings. The van der Waals surface area contributed by atoms with Crippen LogP contribution in [0.2, 0.25) is 0 Å². The molecule has 6 nitrogen and oxygen atoms in total. The molecular formula is CH4O6S2. The molecule has 0 aliphatic heterocycles. The molecule has 0 atom stereocenters. The van der Waals surface area contributed by atoms with Crippen LogP contribution < -0.4 is 0 Å². The van der Waals surface area contributed by atoms with Crippen LogP contribution in [0.3, 0.4) is 0 Å². The number of hydrogen-bond acceptors (Lipinski definition) is 4. The van der Waals surface area contributed by atoms with Crippen LogP contribution in [0.1, 0.15) is 0 Å². The molecule has 56 valence electrons. The van der Waals surface area contributed by atoms with Gasteiger partial charge in [0.05, 0.1) is 0 Å². The molecule has 0 unspecified atom stereocenters. The van der Waals surface area contributed by atoms with E-state index in [9.17, 15) is 16.8 Å². The van der Waals surface area contributed by atoms with Gasteiger partial charge in [0.25, 0.3) is 20.2 Å². The van der Waals surface area contributed by atoms with E-state index in [4.69, 9.17) is 9.11 Å². The highest BCUT2D eigenvalue weighted by Gasteiger charge is 2.15. The summed E-state index contributed by atoms with van der Waals surface area (Å²) in [5.41, 5.74) is 0. The summed E-state index contributed by atoms with van der Waals surface area (Å²) in [7, 11) is -9.24. The summed E-state index contributed by atoms with van der Waals surface area (Å²) < 4.78 is 54.2. The second-order valence-corrected chi connectivity index (χ2v) is 4.55. The van der Waals surface area contributed by atoms with Crippen molar-refractivity contribution in [2.45, 2.75) is 0 Å². The van der Waals surface area contributed by atoms with Gasteiger partial charge < -0.3 is 0 Å². The van der Waals surface area contributed by atoms with E-state index in [1.54, 1.807) is 0 Å². The van der Waals surface area contributed by atoms with E-state index in [-0.39, 0.29) is 0 Å². The van der Waals surface area contributed by atoms with Gasteiger partial charge in [0, 0.05) is 0 Å². The summed E-state index contributed by atoms with van der Waals surface area (Å²) in [6.45, 7) is 0. The predicted molar refractivity (Wildman–Crippen MR) is 28.0 cm³/mol. The monoisotopic (exact) mass is 176 g/mol. The Morgan fingerprint density at radius 2 is 1.11 bits per heavy atom. The van der Waals surface area contributed by atoms with Crippen LogP contribution in [-0.4, -0.2) is 31.0 Å². The minimum absolute atomic E-state index is 1.65. The van der Waals surface area contributed by atoms with Crippen LogP contribution in [-0.2, 0) is 20.2 Å². The third kappa shape index (κ3) is 7.82. The largest absolute Gasteiger partial charge is 0.285 e. The van der Waals surface area contributed by atoms with Gasteiger partial charge in [-0.25, -0.2) is 0 Å². The summed E-state index contributed by atoms with van der Waals surface area (Å²) in [5, 5.41) is -1.65. The van der Waals surface area contributed by atoms with Crippen LogP contribution in [0, 0.1) is 0 Å². The van der Waals surface area contributed by atoms with E-state index < -0.39 is 25.3 Å². The van der Waals surface area contributed by atoms with Gasteiger partial charge in [-0.1, -0.05) is 0 Å². The van der Waals surface area contributed by atoms with Gasteiger partial charge in [0.1, 0.15) is 0 Å². The van der Waals surface area contributed by atoms with Gasteiger partial charge in [-0.2, -0.15) is 16.8 Å². The maximum Gasteiger partial charge on any atom is 0.281 e. The molecule has 0 spiro atoms. The molecule has 0 saturated carbocycles. The second kappa shape index (κ2) is 2.21. The van der Waals surface area contributed by atoms with Crippen molar-refractivity contribution in [2.24, 2.45) is 0 Å². The van der Waals surface area contributed by atoms with Crippen molar-refractivity contribution in [2.75, 3.05) is 5.08 Å². The zero-order valence-electron chi connectivity index (χ0n) is 4.05. The quantitative estimate of drug-likeness (QED) is 0.507. The first-order valence-electron chi connectivity index (χ1n) is 1.61. The Morgan fingerprint density at radius 3 is 1.11 bits per heavy atom. The Kier molecular flexibility index (Phi) is 2.17. The molecular weight excluding hydrogens is 172 g/mol. The predicted octanol–water partition coefficient (Wildman–Crippen LogP) is -1.28. The van der Waals surface area contributed by atoms with Crippen LogP contribution >= 0.6 is 0 Å². The van der Waals surface area contributed by atoms with E-state index in [1.807, 2.05) is 0 Å². The van der Waals surface area contributed by atoms with Crippen LogP contribution in [0.4, 0.5) is 0 Å². The number of hydrogen-bond donors (Lipinski definition) is 2. The fraction of sp³-hybridized carbons (Fsp3) is 1.00. The Bertz CT molecular complexity index is 236. The molecule has 0 aromatic carbocycles. The molecule has 0 radical (unpaired) electrons. The van der Waals surface area contributed by atoms with Gasteiger partial charge in [-0.3, -0.25) is 9.11 Å². The maximum atomic E-state index is 9.66. The van der Waals surface area contributed by atoms with Gasteiger partial charge in [0.2, 0.25) is 5.08 Å². The average Bonchev–Trinajstić information content (AvgIpc) is 1.14. The highest BCUT2D eigenvalue weighted by molar-refractivity contribution is 8.02. The van der Waals surface area contributed by atoms with Crippen molar-refractivity contribution in [3.05, 3.63) is 0 Å². The van der Waals surface area contributed by atoms with Gasteiger partial charge in [-0.05, 0) is 0 Å². The third-order valence-electron chi connectivity index (χ3n) is 0.298.